The number of carboxylic acids is 1. The summed E-state index contributed by atoms with van der Waals surface area (Å²) in [4.78, 5) is 11.9. The van der Waals surface area contributed by atoms with Crippen LogP contribution in [0.2, 0.25) is 0 Å². The molecule has 1 heterocycles. The molecule has 0 spiro atoms. The highest BCUT2D eigenvalue weighted by Gasteiger charge is 2.23. The van der Waals surface area contributed by atoms with Gasteiger partial charge in [0, 0.05) is 10.6 Å². The zero-order valence-corrected chi connectivity index (χ0v) is 12.9. The van der Waals surface area contributed by atoms with Crippen LogP contribution in [0.15, 0.2) is 52.3 Å². The molecule has 0 fully saturated rings. The van der Waals surface area contributed by atoms with Gasteiger partial charge >= 0.3 is 5.97 Å². The number of nitrogens with one attached hydrogen (secondary N) is 2. The van der Waals surface area contributed by atoms with Gasteiger partial charge in [-0.2, -0.15) is 0 Å². The zero-order valence-electron chi connectivity index (χ0n) is 11.2. The number of fused-ring (bicyclic) bond motifs is 1. The number of carboxylic acid groups (broad SMARTS) is 1. The van der Waals surface area contributed by atoms with Crippen LogP contribution in [0.3, 0.4) is 0 Å². The SMILES string of the molecule is O=C(O)c1ccc(NS(=O)(=O)c2cccc3c2NCS3)cc1. The highest BCUT2D eigenvalue weighted by Crippen LogP contribution is 2.38. The normalized spacial score (nSPS) is 13.3. The Morgan fingerprint density at radius 1 is 1.18 bits per heavy atom. The molecule has 2 aromatic rings. The molecule has 0 radical (unpaired) electrons. The number of carbonyl (C=O) groups is 1. The van der Waals surface area contributed by atoms with Crippen LogP contribution in [0.4, 0.5) is 11.4 Å². The van der Waals surface area contributed by atoms with Crippen molar-refractivity contribution in [1.82, 2.24) is 0 Å². The maximum atomic E-state index is 12.5. The van der Waals surface area contributed by atoms with Gasteiger partial charge in [0.2, 0.25) is 0 Å². The summed E-state index contributed by atoms with van der Waals surface area (Å²) in [6.07, 6.45) is 0. The van der Waals surface area contributed by atoms with Gasteiger partial charge < -0.3 is 10.4 Å². The first-order valence-electron chi connectivity index (χ1n) is 6.33. The van der Waals surface area contributed by atoms with E-state index in [1.807, 2.05) is 6.07 Å². The monoisotopic (exact) mass is 336 g/mol. The van der Waals surface area contributed by atoms with Gasteiger partial charge in [-0.1, -0.05) is 6.07 Å². The molecule has 1 aliphatic rings. The van der Waals surface area contributed by atoms with Gasteiger partial charge in [0.05, 0.1) is 17.1 Å². The Morgan fingerprint density at radius 2 is 1.91 bits per heavy atom. The van der Waals surface area contributed by atoms with Gasteiger partial charge in [-0.3, -0.25) is 4.72 Å². The second kappa shape index (κ2) is 5.54. The second-order valence-electron chi connectivity index (χ2n) is 4.58. The molecule has 0 atom stereocenters. The lowest BCUT2D eigenvalue weighted by atomic mass is 10.2. The summed E-state index contributed by atoms with van der Waals surface area (Å²) in [5.41, 5.74) is 1.01. The third-order valence-corrected chi connectivity index (χ3v) is 5.50. The third-order valence-electron chi connectivity index (χ3n) is 3.14. The first-order chi connectivity index (χ1) is 10.5. The molecular formula is C14H12N2O4S2. The van der Waals surface area contributed by atoms with Crippen LogP contribution in [0.1, 0.15) is 10.4 Å². The van der Waals surface area contributed by atoms with Crippen LogP contribution in [0.5, 0.6) is 0 Å². The van der Waals surface area contributed by atoms with Crippen LogP contribution >= 0.6 is 11.8 Å². The van der Waals surface area contributed by atoms with Crippen molar-refractivity contribution in [2.75, 3.05) is 15.9 Å². The van der Waals surface area contributed by atoms with Gasteiger partial charge in [-0.05, 0) is 36.4 Å². The van der Waals surface area contributed by atoms with Gasteiger partial charge in [0.25, 0.3) is 10.0 Å². The molecule has 6 nitrogen and oxygen atoms in total. The number of sulfonamides is 1. The van der Waals surface area contributed by atoms with Crippen molar-refractivity contribution in [3.63, 3.8) is 0 Å². The average molecular weight is 336 g/mol. The minimum Gasteiger partial charge on any atom is -0.478 e. The van der Waals surface area contributed by atoms with Gasteiger partial charge in [-0.15, -0.1) is 11.8 Å². The molecule has 0 saturated heterocycles. The number of rotatable bonds is 4. The second-order valence-corrected chi connectivity index (χ2v) is 7.25. The van der Waals surface area contributed by atoms with Gasteiger partial charge in [0.15, 0.2) is 0 Å². The van der Waals surface area contributed by atoms with Crippen molar-refractivity contribution in [1.29, 1.82) is 0 Å². The third kappa shape index (κ3) is 2.75. The summed E-state index contributed by atoms with van der Waals surface area (Å²) >= 11 is 1.54. The van der Waals surface area contributed by atoms with Crippen LogP contribution in [0.25, 0.3) is 0 Å². The van der Waals surface area contributed by atoms with E-state index in [1.54, 1.807) is 17.8 Å². The molecule has 3 N–H and O–H groups in total. The molecule has 0 amide bonds. The minimum atomic E-state index is -3.74. The van der Waals surface area contributed by atoms with Crippen LogP contribution in [-0.2, 0) is 10.0 Å². The molecule has 8 heteroatoms. The van der Waals surface area contributed by atoms with E-state index in [9.17, 15) is 13.2 Å². The standard InChI is InChI=1S/C14H12N2O4S2/c17-14(18)9-4-6-10(7-5-9)16-22(19,20)12-3-1-2-11-13(12)15-8-21-11/h1-7,15-16H,8H2,(H,17,18). The van der Waals surface area contributed by atoms with Gasteiger partial charge in [0.1, 0.15) is 4.90 Å². The summed E-state index contributed by atoms with van der Waals surface area (Å²) in [6, 6.07) is 10.6. The summed E-state index contributed by atoms with van der Waals surface area (Å²) in [7, 11) is -3.74. The smallest absolute Gasteiger partial charge is 0.335 e. The Bertz CT molecular complexity index is 832. The fourth-order valence-electron chi connectivity index (χ4n) is 2.11. The first-order valence-corrected chi connectivity index (χ1v) is 8.80. The van der Waals surface area contributed by atoms with Crippen molar-refractivity contribution in [2.24, 2.45) is 0 Å². The zero-order chi connectivity index (χ0) is 15.7. The number of hydrogen-bond donors (Lipinski definition) is 3. The van der Waals surface area contributed by atoms with E-state index in [-0.39, 0.29) is 10.5 Å². The number of benzene rings is 2. The van der Waals surface area contributed by atoms with Crippen molar-refractivity contribution in [3.8, 4) is 0 Å². The number of hydrogen-bond acceptors (Lipinski definition) is 5. The summed E-state index contributed by atoms with van der Waals surface area (Å²) < 4.78 is 27.5. The Kier molecular flexibility index (Phi) is 3.71. The average Bonchev–Trinajstić information content (AvgIpc) is 2.95. The first kappa shape index (κ1) is 14.7. The molecule has 0 bridgehead atoms. The Labute approximate surface area is 131 Å². The van der Waals surface area contributed by atoms with Crippen LogP contribution in [0, 0.1) is 0 Å². The van der Waals surface area contributed by atoms with Crippen molar-refractivity contribution < 1.29 is 18.3 Å². The minimum absolute atomic E-state index is 0.0987. The van der Waals surface area contributed by atoms with E-state index in [4.69, 9.17) is 5.11 Å². The topological polar surface area (TPSA) is 95.5 Å². The predicted octanol–water partition coefficient (Wildman–Crippen LogP) is 2.66. The van der Waals surface area contributed by atoms with Crippen molar-refractivity contribution in [3.05, 3.63) is 48.0 Å². The Balaban J connectivity index is 1.91. The maximum Gasteiger partial charge on any atom is 0.335 e. The molecule has 0 saturated carbocycles. The lowest BCUT2D eigenvalue weighted by Gasteiger charge is -2.11. The summed E-state index contributed by atoms with van der Waals surface area (Å²) in [6.45, 7) is 0. The molecule has 0 aliphatic carbocycles. The largest absolute Gasteiger partial charge is 0.478 e. The van der Waals surface area contributed by atoms with E-state index in [2.05, 4.69) is 10.0 Å². The molecule has 22 heavy (non-hydrogen) atoms. The number of aromatic carboxylic acids is 1. The van der Waals surface area contributed by atoms with E-state index in [0.717, 1.165) is 4.90 Å². The van der Waals surface area contributed by atoms with Crippen LogP contribution in [-0.4, -0.2) is 25.4 Å². The highest BCUT2D eigenvalue weighted by atomic mass is 32.2. The van der Waals surface area contributed by atoms with E-state index >= 15 is 0 Å². The number of anilines is 2. The lowest BCUT2D eigenvalue weighted by molar-refractivity contribution is 0.0697. The Morgan fingerprint density at radius 3 is 2.59 bits per heavy atom. The quantitative estimate of drug-likeness (QED) is 0.794. The maximum absolute atomic E-state index is 12.5. The van der Waals surface area contributed by atoms with E-state index in [0.29, 0.717) is 17.3 Å². The highest BCUT2D eigenvalue weighted by molar-refractivity contribution is 8.00. The molecule has 2 aromatic carbocycles. The lowest BCUT2D eigenvalue weighted by Crippen LogP contribution is -2.14. The summed E-state index contributed by atoms with van der Waals surface area (Å²) in [5.74, 6) is -0.425. The molecular weight excluding hydrogens is 324 g/mol. The number of para-hydroxylation sites is 1. The molecule has 1 aliphatic heterocycles. The fourth-order valence-corrected chi connectivity index (χ4v) is 4.31. The van der Waals surface area contributed by atoms with Gasteiger partial charge in [-0.25, -0.2) is 13.2 Å². The summed E-state index contributed by atoms with van der Waals surface area (Å²) in [5, 5.41) is 11.9. The predicted molar refractivity (Wildman–Crippen MR) is 85.0 cm³/mol. The molecule has 0 unspecified atom stereocenters. The number of thioether (sulfide) groups is 1. The van der Waals surface area contributed by atoms with Crippen molar-refractivity contribution in [2.45, 2.75) is 9.79 Å². The van der Waals surface area contributed by atoms with Crippen molar-refractivity contribution >= 4 is 39.1 Å². The van der Waals surface area contributed by atoms with E-state index in [1.165, 1.54) is 30.3 Å². The Hall–Kier alpha value is -2.19. The van der Waals surface area contributed by atoms with Crippen LogP contribution < -0.4 is 10.0 Å². The fraction of sp³-hybridized carbons (Fsp3) is 0.0714. The molecule has 0 aromatic heterocycles. The molecule has 114 valence electrons. The molecule has 3 rings (SSSR count). The van der Waals surface area contributed by atoms with E-state index < -0.39 is 16.0 Å².